The first-order valence-corrected chi connectivity index (χ1v) is 10.3. The van der Waals surface area contributed by atoms with Crippen LogP contribution in [0.2, 0.25) is 0 Å². The Balaban J connectivity index is 0. The highest BCUT2D eigenvalue weighted by atomic mass is 16.5. The Hall–Kier alpha value is -2.46. The highest BCUT2D eigenvalue weighted by molar-refractivity contribution is 5.55. The van der Waals surface area contributed by atoms with Gasteiger partial charge in [0.2, 0.25) is 0 Å². The van der Waals surface area contributed by atoms with Crippen LogP contribution < -0.4 is 4.74 Å². The van der Waals surface area contributed by atoms with Crippen LogP contribution in [0.1, 0.15) is 78.9 Å². The number of terminal acetylenes is 1. The number of allylic oxidation sites excluding steroid dienone is 6. The molecule has 0 heterocycles. The van der Waals surface area contributed by atoms with Crippen molar-refractivity contribution >= 4 is 0 Å². The molecule has 0 aliphatic carbocycles. The van der Waals surface area contributed by atoms with Gasteiger partial charge < -0.3 is 4.74 Å². The van der Waals surface area contributed by atoms with Crippen LogP contribution in [0.25, 0.3) is 0 Å². The van der Waals surface area contributed by atoms with Crippen LogP contribution in [0.4, 0.5) is 0 Å². The summed E-state index contributed by atoms with van der Waals surface area (Å²) in [6.07, 6.45) is 8.96. The van der Waals surface area contributed by atoms with E-state index in [1.54, 1.807) is 7.11 Å². The van der Waals surface area contributed by atoms with Gasteiger partial charge in [-0.1, -0.05) is 68.4 Å². The molecule has 0 radical (unpaired) electrons. The third kappa shape index (κ3) is 7.82. The molecule has 1 nitrogen and oxygen atoms in total. The van der Waals surface area contributed by atoms with E-state index in [1.807, 2.05) is 13.8 Å². The summed E-state index contributed by atoms with van der Waals surface area (Å²) in [5.74, 6) is 1.07. The quantitative estimate of drug-likeness (QED) is 0.332. The highest BCUT2D eigenvalue weighted by Gasteiger charge is 2.26. The normalized spacial score (nSPS) is 11.4. The van der Waals surface area contributed by atoms with Gasteiger partial charge >= 0.3 is 0 Å². The summed E-state index contributed by atoms with van der Waals surface area (Å²) < 4.78 is 5.75. The second kappa shape index (κ2) is 14.5. The molecule has 0 spiro atoms. The van der Waals surface area contributed by atoms with E-state index in [2.05, 4.69) is 92.7 Å². The standard InChI is InChI=1S/C24H34O.C2H6.C2H2/c1-11-20(19(9)15(2)3)24(23(16(4)5)17(6)7)21-13-12-18(8)14-22(21)25-10;2*1-2/h12-14,24H,2,4,11H2,1,3,5-10H3;1-2H3;1-2H/b20-19+;;. The first-order chi connectivity index (χ1) is 13.6. The van der Waals surface area contributed by atoms with Gasteiger partial charge in [-0.3, -0.25) is 0 Å². The zero-order valence-corrected chi connectivity index (χ0v) is 20.5. The molecule has 1 rings (SSSR count). The SMILES string of the molecule is C#C.C=C(C)C(=C(C)C)C(/C(CC)=C(\C)C(=C)C)c1ccc(C)cc1OC.CC. The van der Waals surface area contributed by atoms with Crippen LogP contribution in [0.5, 0.6) is 5.75 Å². The Morgan fingerprint density at radius 1 is 1.00 bits per heavy atom. The van der Waals surface area contributed by atoms with Crippen LogP contribution in [-0.4, -0.2) is 7.11 Å². The molecule has 0 amide bonds. The van der Waals surface area contributed by atoms with E-state index in [-0.39, 0.29) is 5.92 Å². The lowest BCUT2D eigenvalue weighted by Gasteiger charge is -2.29. The summed E-state index contributed by atoms with van der Waals surface area (Å²) in [5, 5.41) is 0. The van der Waals surface area contributed by atoms with Crippen LogP contribution in [0.3, 0.4) is 0 Å². The number of hydrogen-bond acceptors (Lipinski definition) is 1. The Kier molecular flexibility index (Phi) is 14.4. The summed E-state index contributed by atoms with van der Waals surface area (Å²) in [6, 6.07) is 6.48. The van der Waals surface area contributed by atoms with E-state index in [9.17, 15) is 0 Å². The molecule has 1 heteroatoms. The number of hydrogen-bond donors (Lipinski definition) is 0. The fraction of sp³-hybridized carbons (Fsp3) is 0.429. The summed E-state index contributed by atoms with van der Waals surface area (Å²) in [5.41, 5.74) is 9.86. The van der Waals surface area contributed by atoms with Crippen LogP contribution >= 0.6 is 0 Å². The molecule has 1 aromatic rings. The monoisotopic (exact) mass is 394 g/mol. The van der Waals surface area contributed by atoms with Gasteiger partial charge in [0, 0.05) is 11.5 Å². The molecule has 29 heavy (non-hydrogen) atoms. The average Bonchev–Trinajstić information content (AvgIpc) is 2.70. The lowest BCUT2D eigenvalue weighted by Crippen LogP contribution is -2.12. The first-order valence-electron chi connectivity index (χ1n) is 10.3. The van der Waals surface area contributed by atoms with Crippen LogP contribution in [0, 0.1) is 19.8 Å². The molecule has 0 bridgehead atoms. The molecule has 0 saturated heterocycles. The molecule has 0 aliphatic rings. The molecule has 0 aromatic heterocycles. The minimum Gasteiger partial charge on any atom is -0.496 e. The molecule has 1 aromatic carbocycles. The molecule has 0 N–H and O–H groups in total. The van der Waals surface area contributed by atoms with Crippen LogP contribution in [0.15, 0.2) is 64.8 Å². The van der Waals surface area contributed by atoms with E-state index in [4.69, 9.17) is 4.74 Å². The van der Waals surface area contributed by atoms with Gasteiger partial charge in [0.25, 0.3) is 0 Å². The number of aryl methyl sites for hydroxylation is 1. The van der Waals surface area contributed by atoms with Gasteiger partial charge in [-0.25, -0.2) is 0 Å². The van der Waals surface area contributed by atoms with Crippen molar-refractivity contribution in [3.05, 3.63) is 75.9 Å². The van der Waals surface area contributed by atoms with Crippen molar-refractivity contribution in [2.45, 2.75) is 74.7 Å². The first kappa shape index (κ1) is 28.7. The van der Waals surface area contributed by atoms with Crippen molar-refractivity contribution in [1.82, 2.24) is 0 Å². The van der Waals surface area contributed by atoms with Crippen molar-refractivity contribution in [3.63, 3.8) is 0 Å². The van der Waals surface area contributed by atoms with Gasteiger partial charge in [0.05, 0.1) is 7.11 Å². The molecule has 0 aliphatic heterocycles. The Morgan fingerprint density at radius 3 is 1.86 bits per heavy atom. The molecule has 160 valence electrons. The number of methoxy groups -OCH3 is 1. The minimum absolute atomic E-state index is 0.139. The van der Waals surface area contributed by atoms with E-state index in [0.717, 1.165) is 23.3 Å². The molecule has 1 atom stereocenters. The van der Waals surface area contributed by atoms with E-state index in [0.29, 0.717) is 0 Å². The molecule has 0 saturated carbocycles. The van der Waals surface area contributed by atoms with E-state index in [1.165, 1.54) is 33.4 Å². The number of rotatable bonds is 7. The summed E-state index contributed by atoms with van der Waals surface area (Å²) in [6.45, 7) is 27.5. The fourth-order valence-corrected chi connectivity index (χ4v) is 3.50. The highest BCUT2D eigenvalue weighted by Crippen LogP contribution is 2.44. The maximum absolute atomic E-state index is 5.75. The summed E-state index contributed by atoms with van der Waals surface area (Å²) in [4.78, 5) is 0. The van der Waals surface area contributed by atoms with Crippen molar-refractivity contribution < 1.29 is 4.74 Å². The zero-order valence-electron chi connectivity index (χ0n) is 20.5. The summed E-state index contributed by atoms with van der Waals surface area (Å²) in [7, 11) is 1.75. The van der Waals surface area contributed by atoms with Gasteiger partial charge in [-0.05, 0) is 70.7 Å². The third-order valence-electron chi connectivity index (χ3n) is 4.84. The Bertz CT molecular complexity index is 765. The zero-order chi connectivity index (χ0) is 23.3. The van der Waals surface area contributed by atoms with Gasteiger partial charge in [0.1, 0.15) is 5.75 Å². The third-order valence-corrected chi connectivity index (χ3v) is 4.84. The Labute approximate surface area is 181 Å². The lowest BCUT2D eigenvalue weighted by molar-refractivity contribution is 0.408. The Morgan fingerprint density at radius 2 is 1.52 bits per heavy atom. The van der Waals surface area contributed by atoms with Gasteiger partial charge in [-0.2, -0.15) is 0 Å². The molecule has 0 fully saturated rings. The van der Waals surface area contributed by atoms with E-state index >= 15 is 0 Å². The van der Waals surface area contributed by atoms with Crippen molar-refractivity contribution in [2.75, 3.05) is 7.11 Å². The molecular formula is C28H42O. The average molecular weight is 395 g/mol. The van der Waals surface area contributed by atoms with Gasteiger partial charge in [0.15, 0.2) is 0 Å². The van der Waals surface area contributed by atoms with E-state index < -0.39 is 0 Å². The minimum atomic E-state index is 0.139. The molecule has 1 unspecified atom stereocenters. The smallest absolute Gasteiger partial charge is 0.123 e. The molecular weight excluding hydrogens is 352 g/mol. The topological polar surface area (TPSA) is 9.23 Å². The maximum Gasteiger partial charge on any atom is 0.123 e. The van der Waals surface area contributed by atoms with Crippen LogP contribution in [-0.2, 0) is 0 Å². The maximum atomic E-state index is 5.75. The summed E-state index contributed by atoms with van der Waals surface area (Å²) >= 11 is 0. The van der Waals surface area contributed by atoms with Crippen molar-refractivity contribution in [3.8, 4) is 18.6 Å². The largest absolute Gasteiger partial charge is 0.496 e. The number of benzene rings is 1. The number of ether oxygens (including phenoxy) is 1. The lowest BCUT2D eigenvalue weighted by atomic mass is 9.76. The second-order valence-corrected chi connectivity index (χ2v) is 7.16. The predicted octanol–water partition coefficient (Wildman–Crippen LogP) is 8.58. The predicted molar refractivity (Wildman–Crippen MR) is 133 cm³/mol. The fourth-order valence-electron chi connectivity index (χ4n) is 3.50. The van der Waals surface area contributed by atoms with Crippen molar-refractivity contribution in [2.24, 2.45) is 0 Å². The van der Waals surface area contributed by atoms with Crippen molar-refractivity contribution in [1.29, 1.82) is 0 Å². The second-order valence-electron chi connectivity index (χ2n) is 7.16. The van der Waals surface area contributed by atoms with Gasteiger partial charge in [-0.15, -0.1) is 12.8 Å².